The number of benzene rings is 2. The Labute approximate surface area is 105 Å². The van der Waals surface area contributed by atoms with E-state index in [0.717, 1.165) is 5.56 Å². The number of phenolic OH excluding ortho intramolecular Hbond substituents is 2. The topological polar surface area (TPSA) is 60.7 Å². The van der Waals surface area contributed by atoms with E-state index < -0.39 is 6.10 Å². The first kappa shape index (κ1) is 12.0. The van der Waals surface area contributed by atoms with Gasteiger partial charge in [-0.2, -0.15) is 0 Å². The summed E-state index contributed by atoms with van der Waals surface area (Å²) in [6, 6.07) is 13.6. The second-order valence-corrected chi connectivity index (χ2v) is 3.75. The van der Waals surface area contributed by atoms with Gasteiger partial charge in [-0.1, -0.05) is 42.2 Å². The van der Waals surface area contributed by atoms with Gasteiger partial charge in [-0.15, -0.1) is 0 Å². The van der Waals surface area contributed by atoms with E-state index in [9.17, 15) is 15.3 Å². The largest absolute Gasteiger partial charge is 0.504 e. The SMILES string of the molecule is Oc1cccc(C(O)C#Cc2ccccc2)c1O. The van der Waals surface area contributed by atoms with Crippen molar-refractivity contribution in [2.45, 2.75) is 6.10 Å². The van der Waals surface area contributed by atoms with E-state index in [4.69, 9.17) is 0 Å². The lowest BCUT2D eigenvalue weighted by atomic mass is 10.1. The maximum Gasteiger partial charge on any atom is 0.164 e. The molecule has 18 heavy (non-hydrogen) atoms. The quantitative estimate of drug-likeness (QED) is 0.529. The van der Waals surface area contributed by atoms with Crippen molar-refractivity contribution in [1.82, 2.24) is 0 Å². The van der Waals surface area contributed by atoms with E-state index in [1.54, 1.807) is 0 Å². The summed E-state index contributed by atoms with van der Waals surface area (Å²) in [6.45, 7) is 0. The lowest BCUT2D eigenvalue weighted by Crippen LogP contribution is -1.94. The zero-order valence-corrected chi connectivity index (χ0v) is 9.54. The maximum absolute atomic E-state index is 9.84. The third kappa shape index (κ3) is 2.62. The van der Waals surface area contributed by atoms with Crippen molar-refractivity contribution < 1.29 is 15.3 Å². The van der Waals surface area contributed by atoms with E-state index in [-0.39, 0.29) is 17.1 Å². The van der Waals surface area contributed by atoms with Crippen LogP contribution >= 0.6 is 0 Å². The molecule has 0 aromatic heterocycles. The number of hydrogen-bond acceptors (Lipinski definition) is 3. The monoisotopic (exact) mass is 240 g/mol. The predicted molar refractivity (Wildman–Crippen MR) is 68.1 cm³/mol. The number of phenols is 2. The minimum absolute atomic E-state index is 0.193. The molecule has 1 unspecified atom stereocenters. The lowest BCUT2D eigenvalue weighted by Gasteiger charge is -2.07. The second kappa shape index (κ2) is 5.26. The molecular weight excluding hydrogens is 228 g/mol. The molecule has 90 valence electrons. The molecule has 0 fully saturated rings. The van der Waals surface area contributed by atoms with Gasteiger partial charge in [0.05, 0.1) is 0 Å². The first-order valence-electron chi connectivity index (χ1n) is 5.44. The van der Waals surface area contributed by atoms with Gasteiger partial charge in [0.25, 0.3) is 0 Å². The summed E-state index contributed by atoms with van der Waals surface area (Å²) in [5.74, 6) is 4.80. The van der Waals surface area contributed by atoms with Crippen molar-refractivity contribution in [1.29, 1.82) is 0 Å². The summed E-state index contributed by atoms with van der Waals surface area (Å²) in [6.07, 6.45) is -1.14. The van der Waals surface area contributed by atoms with Gasteiger partial charge in [0.2, 0.25) is 0 Å². The number of rotatable bonds is 1. The number of hydrogen-bond donors (Lipinski definition) is 3. The van der Waals surface area contributed by atoms with Crippen LogP contribution in [0, 0.1) is 11.8 Å². The Morgan fingerprint density at radius 1 is 0.889 bits per heavy atom. The van der Waals surface area contributed by atoms with Crippen molar-refractivity contribution in [3.63, 3.8) is 0 Å². The fourth-order valence-electron chi connectivity index (χ4n) is 1.52. The molecule has 0 aliphatic heterocycles. The van der Waals surface area contributed by atoms with Crippen molar-refractivity contribution in [3.05, 3.63) is 59.7 Å². The molecule has 3 N–H and O–H groups in total. The molecule has 0 bridgehead atoms. The van der Waals surface area contributed by atoms with Crippen LogP contribution in [0.15, 0.2) is 48.5 Å². The minimum atomic E-state index is -1.14. The van der Waals surface area contributed by atoms with Crippen LogP contribution in [0.1, 0.15) is 17.2 Å². The molecule has 0 saturated heterocycles. The van der Waals surface area contributed by atoms with E-state index >= 15 is 0 Å². The van der Waals surface area contributed by atoms with Gasteiger partial charge in [-0.3, -0.25) is 0 Å². The molecule has 0 aliphatic rings. The summed E-state index contributed by atoms with van der Waals surface area (Å²) in [4.78, 5) is 0. The van der Waals surface area contributed by atoms with Crippen molar-refractivity contribution in [2.24, 2.45) is 0 Å². The predicted octanol–water partition coefficient (Wildman–Crippen LogP) is 2.18. The highest BCUT2D eigenvalue weighted by Gasteiger charge is 2.12. The molecule has 0 aliphatic carbocycles. The fraction of sp³-hybridized carbons (Fsp3) is 0.0667. The molecule has 3 heteroatoms. The lowest BCUT2D eigenvalue weighted by molar-refractivity contribution is 0.231. The van der Waals surface area contributed by atoms with E-state index in [2.05, 4.69) is 11.8 Å². The van der Waals surface area contributed by atoms with Crippen LogP contribution in [-0.4, -0.2) is 15.3 Å². The Morgan fingerprint density at radius 2 is 1.61 bits per heavy atom. The molecule has 0 amide bonds. The molecule has 2 aromatic carbocycles. The van der Waals surface area contributed by atoms with Gasteiger partial charge in [-0.05, 0) is 18.2 Å². The highest BCUT2D eigenvalue weighted by Crippen LogP contribution is 2.32. The van der Waals surface area contributed by atoms with Crippen LogP contribution in [0.25, 0.3) is 0 Å². The van der Waals surface area contributed by atoms with Crippen molar-refractivity contribution >= 4 is 0 Å². The summed E-state index contributed by atoms with van der Waals surface area (Å²) in [5, 5.41) is 28.8. The van der Waals surface area contributed by atoms with Crippen molar-refractivity contribution in [2.75, 3.05) is 0 Å². The maximum atomic E-state index is 9.84. The van der Waals surface area contributed by atoms with E-state index in [1.807, 2.05) is 30.3 Å². The number of aliphatic hydroxyl groups is 1. The zero-order chi connectivity index (χ0) is 13.0. The number of aliphatic hydroxyl groups excluding tert-OH is 1. The summed E-state index contributed by atoms with van der Waals surface area (Å²) in [7, 11) is 0. The Bertz CT molecular complexity index is 594. The molecule has 3 nitrogen and oxygen atoms in total. The molecule has 2 rings (SSSR count). The van der Waals surface area contributed by atoms with Crippen LogP contribution in [-0.2, 0) is 0 Å². The van der Waals surface area contributed by atoms with Crippen molar-refractivity contribution in [3.8, 4) is 23.3 Å². The molecule has 0 heterocycles. The normalized spacial score (nSPS) is 11.4. The molecular formula is C15H12O3. The van der Waals surface area contributed by atoms with Crippen LogP contribution < -0.4 is 0 Å². The van der Waals surface area contributed by atoms with Gasteiger partial charge in [0.15, 0.2) is 11.5 Å². The molecule has 0 radical (unpaired) electrons. The van der Waals surface area contributed by atoms with Gasteiger partial charge >= 0.3 is 0 Å². The third-order valence-corrected chi connectivity index (χ3v) is 2.47. The number of para-hydroxylation sites is 1. The van der Waals surface area contributed by atoms with Gasteiger partial charge in [0.1, 0.15) is 6.10 Å². The van der Waals surface area contributed by atoms with Crippen LogP contribution in [0.5, 0.6) is 11.5 Å². The van der Waals surface area contributed by atoms with E-state index in [1.165, 1.54) is 18.2 Å². The van der Waals surface area contributed by atoms with Crippen LogP contribution in [0.4, 0.5) is 0 Å². The smallest absolute Gasteiger partial charge is 0.164 e. The minimum Gasteiger partial charge on any atom is -0.504 e. The summed E-state index contributed by atoms with van der Waals surface area (Å²) >= 11 is 0. The highest BCUT2D eigenvalue weighted by molar-refractivity contribution is 5.48. The molecule has 2 aromatic rings. The average molecular weight is 240 g/mol. The second-order valence-electron chi connectivity index (χ2n) is 3.75. The van der Waals surface area contributed by atoms with Crippen LogP contribution in [0.2, 0.25) is 0 Å². The van der Waals surface area contributed by atoms with Gasteiger partial charge in [0, 0.05) is 11.1 Å². The van der Waals surface area contributed by atoms with Gasteiger partial charge < -0.3 is 15.3 Å². The first-order chi connectivity index (χ1) is 8.68. The Balaban J connectivity index is 2.26. The molecule has 0 saturated carbocycles. The Kier molecular flexibility index (Phi) is 3.52. The number of aromatic hydroxyl groups is 2. The fourth-order valence-corrected chi connectivity index (χ4v) is 1.52. The summed E-state index contributed by atoms with van der Waals surface area (Å²) < 4.78 is 0. The third-order valence-electron chi connectivity index (χ3n) is 2.47. The Hall–Kier alpha value is -2.44. The van der Waals surface area contributed by atoms with Gasteiger partial charge in [-0.25, -0.2) is 0 Å². The Morgan fingerprint density at radius 3 is 2.33 bits per heavy atom. The highest BCUT2D eigenvalue weighted by atomic mass is 16.3. The molecule has 1 atom stereocenters. The van der Waals surface area contributed by atoms with Crippen LogP contribution in [0.3, 0.4) is 0 Å². The standard InChI is InChI=1S/C15H12O3/c16-13(10-9-11-5-2-1-3-6-11)12-7-4-8-14(17)15(12)18/h1-8,13,16-18H. The zero-order valence-electron chi connectivity index (χ0n) is 9.54. The first-order valence-corrected chi connectivity index (χ1v) is 5.44. The van der Waals surface area contributed by atoms with E-state index in [0.29, 0.717) is 0 Å². The average Bonchev–Trinajstić information content (AvgIpc) is 2.40. The summed E-state index contributed by atoms with van der Waals surface area (Å²) in [5.41, 5.74) is 0.967. The molecule has 0 spiro atoms.